The van der Waals surface area contributed by atoms with Crippen LogP contribution >= 0.6 is 0 Å². The van der Waals surface area contributed by atoms with E-state index in [4.69, 9.17) is 10.8 Å². The number of ketones is 1. The number of carbonyl (C=O) groups is 4. The molecule has 0 saturated carbocycles. The summed E-state index contributed by atoms with van der Waals surface area (Å²) in [6.07, 6.45) is 12.5. The average Bonchev–Trinajstić information content (AvgIpc) is 3.19. The Morgan fingerprint density at radius 3 is 1.97 bits per heavy atom. The zero-order chi connectivity index (χ0) is 24.6. The molecule has 8 heteroatoms. The van der Waals surface area contributed by atoms with Gasteiger partial charge in [-0.3, -0.25) is 19.2 Å². The highest BCUT2D eigenvalue weighted by Crippen LogP contribution is 2.20. The van der Waals surface area contributed by atoms with Crippen LogP contribution in [0.4, 0.5) is 0 Å². The number of Topliss-reactive ketones (excluding diaryl/α,β-unsaturated/α-hetero) is 1. The second-order valence-electron chi connectivity index (χ2n) is 9.50. The van der Waals surface area contributed by atoms with Gasteiger partial charge in [0, 0.05) is 13.0 Å². The molecule has 0 aliphatic carbocycles. The smallest absolute Gasteiger partial charge is 0.286 e. The number of likely N-dealkylation sites (tertiary alicyclic amines) is 1. The molecule has 1 rings (SSSR count). The molecule has 0 aromatic carbocycles. The lowest BCUT2D eigenvalue weighted by atomic mass is 10.1. The van der Waals surface area contributed by atoms with Crippen LogP contribution in [-0.2, 0) is 19.2 Å². The monoisotopic (exact) mass is 455 g/mol. The fourth-order valence-corrected chi connectivity index (χ4v) is 3.44. The summed E-state index contributed by atoms with van der Waals surface area (Å²) in [5.74, 6) is -2.30. The topological polar surface area (TPSA) is 130 Å². The second kappa shape index (κ2) is 16.6. The summed E-state index contributed by atoms with van der Waals surface area (Å²) in [5, 5.41) is 10.9. The van der Waals surface area contributed by atoms with Crippen LogP contribution in [0, 0.1) is 0 Å². The highest BCUT2D eigenvalue weighted by atomic mass is 16.3. The van der Waals surface area contributed by atoms with E-state index in [0.717, 1.165) is 25.7 Å². The standard InChI is InChI=1S/C20H35N3O4.C4H10O/c1-2-3-4-5-6-7-8-9-10-13-18(25)23-14-11-12-16(23)20(27)22-15-17(24)19(21)26;1-4(2,3)5/h16H,2-15H2,1H3,(H2,21,26)(H,22,27);5H,1-3H3. The molecule has 0 spiro atoms. The molecule has 0 bridgehead atoms. The number of hydrogen-bond donors (Lipinski definition) is 3. The van der Waals surface area contributed by atoms with Crippen LogP contribution in [0.15, 0.2) is 0 Å². The molecule has 0 aromatic rings. The molecule has 8 nitrogen and oxygen atoms in total. The predicted octanol–water partition coefficient (Wildman–Crippen LogP) is 2.85. The van der Waals surface area contributed by atoms with Crippen LogP contribution in [0.1, 0.15) is 105 Å². The zero-order valence-electron chi connectivity index (χ0n) is 20.6. The Morgan fingerprint density at radius 1 is 0.969 bits per heavy atom. The zero-order valence-corrected chi connectivity index (χ0v) is 20.6. The van der Waals surface area contributed by atoms with E-state index in [0.29, 0.717) is 19.4 Å². The lowest BCUT2D eigenvalue weighted by Gasteiger charge is -2.23. The quantitative estimate of drug-likeness (QED) is 0.274. The van der Waals surface area contributed by atoms with Crippen LogP contribution in [-0.4, -0.2) is 58.2 Å². The van der Waals surface area contributed by atoms with Gasteiger partial charge < -0.3 is 21.1 Å². The van der Waals surface area contributed by atoms with E-state index >= 15 is 0 Å². The molecule has 1 saturated heterocycles. The summed E-state index contributed by atoms with van der Waals surface area (Å²) >= 11 is 0. The third-order valence-electron chi connectivity index (χ3n) is 5.07. The van der Waals surface area contributed by atoms with Crippen LogP contribution in [0.2, 0.25) is 0 Å². The summed E-state index contributed by atoms with van der Waals surface area (Å²) < 4.78 is 0. The largest absolute Gasteiger partial charge is 0.391 e. The highest BCUT2D eigenvalue weighted by Gasteiger charge is 2.33. The van der Waals surface area contributed by atoms with Crippen LogP contribution in [0.25, 0.3) is 0 Å². The summed E-state index contributed by atoms with van der Waals surface area (Å²) in [5.41, 5.74) is 4.37. The van der Waals surface area contributed by atoms with Gasteiger partial charge in [0.1, 0.15) is 6.04 Å². The molecule has 0 radical (unpaired) electrons. The van der Waals surface area contributed by atoms with Crippen molar-refractivity contribution in [1.82, 2.24) is 10.2 Å². The SMILES string of the molecule is CC(C)(C)O.CCCCCCCCCCCC(=O)N1CCCC1C(=O)NCC(=O)C(N)=O. The van der Waals surface area contributed by atoms with Gasteiger partial charge in [0.2, 0.25) is 17.6 Å². The van der Waals surface area contributed by atoms with Gasteiger partial charge in [0.05, 0.1) is 12.1 Å². The first-order valence-electron chi connectivity index (χ1n) is 12.1. The van der Waals surface area contributed by atoms with Crippen molar-refractivity contribution in [3.8, 4) is 0 Å². The van der Waals surface area contributed by atoms with E-state index in [9.17, 15) is 19.2 Å². The molecule has 1 heterocycles. The molecule has 1 aliphatic rings. The van der Waals surface area contributed by atoms with Gasteiger partial charge in [-0.15, -0.1) is 0 Å². The molecule has 1 unspecified atom stereocenters. The van der Waals surface area contributed by atoms with Crippen LogP contribution in [0.3, 0.4) is 0 Å². The Hall–Kier alpha value is -1.96. The van der Waals surface area contributed by atoms with Crippen LogP contribution in [0.5, 0.6) is 0 Å². The second-order valence-corrected chi connectivity index (χ2v) is 9.50. The molecule has 32 heavy (non-hydrogen) atoms. The van der Waals surface area contributed by atoms with E-state index in [2.05, 4.69) is 12.2 Å². The number of hydrogen-bond acceptors (Lipinski definition) is 5. The molecule has 1 atom stereocenters. The minimum absolute atomic E-state index is 0.00294. The van der Waals surface area contributed by atoms with Gasteiger partial charge in [-0.1, -0.05) is 58.3 Å². The van der Waals surface area contributed by atoms with Crippen molar-refractivity contribution in [2.75, 3.05) is 13.1 Å². The average molecular weight is 456 g/mol. The van der Waals surface area contributed by atoms with Crippen molar-refractivity contribution in [1.29, 1.82) is 0 Å². The maximum atomic E-state index is 12.4. The first-order chi connectivity index (χ1) is 15.0. The van der Waals surface area contributed by atoms with Crippen molar-refractivity contribution in [3.05, 3.63) is 0 Å². The number of amides is 3. The summed E-state index contributed by atoms with van der Waals surface area (Å²) in [6.45, 7) is 7.60. The van der Waals surface area contributed by atoms with Crippen molar-refractivity contribution in [2.24, 2.45) is 5.73 Å². The maximum Gasteiger partial charge on any atom is 0.286 e. The number of primary amides is 1. The van der Waals surface area contributed by atoms with Crippen LogP contribution < -0.4 is 11.1 Å². The number of nitrogens with two attached hydrogens (primary N) is 1. The Labute approximate surface area is 193 Å². The van der Waals surface area contributed by atoms with Gasteiger partial charge in [-0.05, 0) is 40.0 Å². The Bertz CT molecular complexity index is 581. The molecule has 1 aliphatic heterocycles. The first kappa shape index (κ1) is 30.0. The predicted molar refractivity (Wildman–Crippen MR) is 126 cm³/mol. The summed E-state index contributed by atoms with van der Waals surface area (Å²) in [4.78, 5) is 48.2. The van der Waals surface area contributed by atoms with E-state index in [1.807, 2.05) is 0 Å². The van der Waals surface area contributed by atoms with E-state index < -0.39 is 29.9 Å². The van der Waals surface area contributed by atoms with E-state index in [1.54, 1.807) is 25.7 Å². The van der Waals surface area contributed by atoms with Crippen molar-refractivity contribution >= 4 is 23.5 Å². The number of carbonyl (C=O) groups excluding carboxylic acids is 4. The maximum absolute atomic E-state index is 12.4. The lowest BCUT2D eigenvalue weighted by molar-refractivity contribution is -0.139. The molecule has 186 valence electrons. The summed E-state index contributed by atoms with van der Waals surface area (Å²) in [7, 11) is 0. The van der Waals surface area contributed by atoms with Crippen molar-refractivity contribution < 1.29 is 24.3 Å². The molecule has 0 aromatic heterocycles. The Balaban J connectivity index is 0.00000172. The number of unbranched alkanes of at least 4 members (excludes halogenated alkanes) is 8. The first-order valence-corrected chi connectivity index (χ1v) is 12.1. The van der Waals surface area contributed by atoms with Gasteiger partial charge in [-0.25, -0.2) is 0 Å². The minimum atomic E-state index is -1.07. The fraction of sp³-hybridized carbons (Fsp3) is 0.833. The molecule has 4 N–H and O–H groups in total. The molecular weight excluding hydrogens is 410 g/mol. The minimum Gasteiger partial charge on any atom is -0.391 e. The van der Waals surface area contributed by atoms with Crippen molar-refractivity contribution in [2.45, 2.75) is 116 Å². The van der Waals surface area contributed by atoms with Gasteiger partial charge >= 0.3 is 0 Å². The van der Waals surface area contributed by atoms with E-state index in [-0.39, 0.29) is 11.8 Å². The number of nitrogens with one attached hydrogen (secondary N) is 1. The highest BCUT2D eigenvalue weighted by molar-refractivity contribution is 6.36. The molecule has 1 fully saturated rings. The molecular formula is C24H45N3O5. The normalized spacial score (nSPS) is 15.7. The fourth-order valence-electron chi connectivity index (χ4n) is 3.44. The van der Waals surface area contributed by atoms with E-state index in [1.165, 1.54) is 38.5 Å². The van der Waals surface area contributed by atoms with Crippen molar-refractivity contribution in [3.63, 3.8) is 0 Å². The third-order valence-corrected chi connectivity index (χ3v) is 5.07. The van der Waals surface area contributed by atoms with Gasteiger partial charge in [0.25, 0.3) is 5.91 Å². The number of rotatable bonds is 14. The summed E-state index contributed by atoms with van der Waals surface area (Å²) in [6, 6.07) is -0.545. The van der Waals surface area contributed by atoms with Gasteiger partial charge in [-0.2, -0.15) is 0 Å². The third kappa shape index (κ3) is 15.8. The van der Waals surface area contributed by atoms with Gasteiger partial charge in [0.15, 0.2) is 0 Å². The Kier molecular flexibility index (Phi) is 15.6. The number of nitrogens with zero attached hydrogens (tertiary/aromatic N) is 1. The number of aliphatic hydroxyl groups is 1. The Morgan fingerprint density at radius 2 is 1.47 bits per heavy atom. The molecule has 3 amide bonds. The lowest BCUT2D eigenvalue weighted by Crippen LogP contribution is -2.48.